The zero-order chi connectivity index (χ0) is 16.4. The van der Waals surface area contributed by atoms with Gasteiger partial charge in [-0.2, -0.15) is 0 Å². The lowest BCUT2D eigenvalue weighted by Gasteiger charge is -2.30. The molecule has 0 spiro atoms. The van der Waals surface area contributed by atoms with Crippen LogP contribution in [0.25, 0.3) is 0 Å². The van der Waals surface area contributed by atoms with Gasteiger partial charge in [-0.15, -0.1) is 6.58 Å². The van der Waals surface area contributed by atoms with Crippen LogP contribution in [0.15, 0.2) is 36.9 Å². The van der Waals surface area contributed by atoms with E-state index in [1.807, 2.05) is 12.1 Å². The lowest BCUT2D eigenvalue weighted by Crippen LogP contribution is -2.19. The molecule has 0 fully saturated rings. The molecule has 124 valence electrons. The molecule has 0 radical (unpaired) electrons. The van der Waals surface area contributed by atoms with E-state index in [0.717, 1.165) is 18.4 Å². The van der Waals surface area contributed by atoms with E-state index in [-0.39, 0.29) is 12.0 Å². The van der Waals surface area contributed by atoms with Crippen molar-refractivity contribution in [2.75, 3.05) is 6.54 Å². The Kier molecular flexibility index (Phi) is 8.40. The number of halogens is 1. The summed E-state index contributed by atoms with van der Waals surface area (Å²) in [5, 5.41) is 0. The van der Waals surface area contributed by atoms with E-state index in [2.05, 4.69) is 38.6 Å². The summed E-state index contributed by atoms with van der Waals surface area (Å²) in [7, 11) is 0. The number of alkyl halides is 1. The molecule has 0 saturated carbocycles. The fourth-order valence-corrected chi connectivity index (χ4v) is 3.32. The van der Waals surface area contributed by atoms with Gasteiger partial charge in [0.2, 0.25) is 0 Å². The first-order chi connectivity index (χ1) is 10.6. The average Bonchev–Trinajstić information content (AvgIpc) is 2.53. The molecule has 22 heavy (non-hydrogen) atoms. The van der Waals surface area contributed by atoms with Crippen LogP contribution < -0.4 is 5.73 Å². The van der Waals surface area contributed by atoms with Crippen LogP contribution in [0.2, 0.25) is 0 Å². The van der Waals surface area contributed by atoms with Gasteiger partial charge in [-0.3, -0.25) is 0 Å². The Bertz CT molecular complexity index is 435. The molecule has 1 aromatic rings. The first kappa shape index (κ1) is 18.9. The molecule has 1 rings (SSSR count). The number of benzene rings is 1. The lowest BCUT2D eigenvalue weighted by atomic mass is 9.75. The molecule has 1 aromatic carbocycles. The maximum Gasteiger partial charge on any atom is 0.116 e. The summed E-state index contributed by atoms with van der Waals surface area (Å²) in [6, 6.07) is 8.30. The number of rotatable bonds is 11. The molecule has 0 bridgehead atoms. The largest absolute Gasteiger partial charge is 0.328 e. The second-order valence-electron chi connectivity index (χ2n) is 6.42. The number of aryl methyl sites for hydroxylation is 1. The summed E-state index contributed by atoms with van der Waals surface area (Å²) in [4.78, 5) is 0. The van der Waals surface area contributed by atoms with E-state index in [0.29, 0.717) is 6.42 Å². The van der Waals surface area contributed by atoms with Crippen molar-refractivity contribution in [3.05, 3.63) is 48.0 Å². The quantitative estimate of drug-likeness (QED) is 0.556. The standard InChI is InChI=1S/C20H32FN/c1-4-11-20(6-3,12-5-2)13-10-17-8-7-9-18(14-17)15-19(21)16-22/h6-9,14,19H,3-5,10-13,15-16,22H2,1-2H3. The molecule has 0 aliphatic heterocycles. The number of hydrogen-bond acceptors (Lipinski definition) is 1. The Morgan fingerprint density at radius 1 is 1.18 bits per heavy atom. The summed E-state index contributed by atoms with van der Waals surface area (Å²) in [5.41, 5.74) is 7.96. The molecule has 2 N–H and O–H groups in total. The molecular weight excluding hydrogens is 273 g/mol. The maximum absolute atomic E-state index is 13.4. The SMILES string of the molecule is C=CC(CCC)(CCC)CCc1cccc(CC(F)CN)c1. The van der Waals surface area contributed by atoms with Crippen molar-refractivity contribution in [2.24, 2.45) is 11.1 Å². The van der Waals surface area contributed by atoms with Crippen LogP contribution >= 0.6 is 0 Å². The van der Waals surface area contributed by atoms with Gasteiger partial charge in [0.1, 0.15) is 6.17 Å². The van der Waals surface area contributed by atoms with Gasteiger partial charge in [0.05, 0.1) is 0 Å². The highest BCUT2D eigenvalue weighted by Crippen LogP contribution is 2.36. The van der Waals surface area contributed by atoms with Crippen molar-refractivity contribution in [2.45, 2.75) is 65.0 Å². The second-order valence-corrected chi connectivity index (χ2v) is 6.42. The molecule has 1 nitrogen and oxygen atoms in total. The normalized spacial score (nSPS) is 13.1. The third-order valence-corrected chi connectivity index (χ3v) is 4.54. The molecule has 1 unspecified atom stereocenters. The monoisotopic (exact) mass is 305 g/mol. The van der Waals surface area contributed by atoms with Crippen LogP contribution in [0, 0.1) is 5.41 Å². The van der Waals surface area contributed by atoms with Crippen molar-refractivity contribution >= 4 is 0 Å². The molecule has 0 saturated heterocycles. The molecule has 0 amide bonds. The number of hydrogen-bond donors (Lipinski definition) is 1. The molecule has 0 heterocycles. The lowest BCUT2D eigenvalue weighted by molar-refractivity contribution is 0.292. The highest BCUT2D eigenvalue weighted by Gasteiger charge is 2.24. The van der Waals surface area contributed by atoms with E-state index in [9.17, 15) is 4.39 Å². The Hall–Kier alpha value is -1.15. The topological polar surface area (TPSA) is 26.0 Å². The van der Waals surface area contributed by atoms with Crippen molar-refractivity contribution < 1.29 is 4.39 Å². The van der Waals surface area contributed by atoms with Gasteiger partial charge in [0.15, 0.2) is 0 Å². The molecule has 0 aliphatic carbocycles. The van der Waals surface area contributed by atoms with Gasteiger partial charge in [-0.1, -0.05) is 57.0 Å². The first-order valence-corrected chi connectivity index (χ1v) is 8.64. The molecule has 2 heteroatoms. The summed E-state index contributed by atoms with van der Waals surface area (Å²) >= 11 is 0. The van der Waals surface area contributed by atoms with Crippen molar-refractivity contribution in [1.82, 2.24) is 0 Å². The van der Waals surface area contributed by atoms with Gasteiger partial charge in [-0.25, -0.2) is 4.39 Å². The van der Waals surface area contributed by atoms with E-state index in [4.69, 9.17) is 5.73 Å². The van der Waals surface area contributed by atoms with Crippen LogP contribution in [-0.2, 0) is 12.8 Å². The van der Waals surface area contributed by atoms with E-state index in [1.54, 1.807) is 0 Å². The molecular formula is C20H32FN. The summed E-state index contributed by atoms with van der Waals surface area (Å²) in [6.07, 6.45) is 8.56. The molecule has 0 aliphatic rings. The summed E-state index contributed by atoms with van der Waals surface area (Å²) < 4.78 is 13.4. The van der Waals surface area contributed by atoms with Gasteiger partial charge in [0, 0.05) is 13.0 Å². The third-order valence-electron chi connectivity index (χ3n) is 4.54. The van der Waals surface area contributed by atoms with Gasteiger partial charge in [0.25, 0.3) is 0 Å². The minimum Gasteiger partial charge on any atom is -0.328 e. The smallest absolute Gasteiger partial charge is 0.116 e. The fraction of sp³-hybridized carbons (Fsp3) is 0.600. The minimum atomic E-state index is -0.942. The Balaban J connectivity index is 2.72. The number of allylic oxidation sites excluding steroid dienone is 1. The van der Waals surface area contributed by atoms with Gasteiger partial charge < -0.3 is 5.73 Å². The molecule has 1 atom stereocenters. The average molecular weight is 305 g/mol. The fourth-order valence-electron chi connectivity index (χ4n) is 3.32. The van der Waals surface area contributed by atoms with Gasteiger partial charge in [-0.05, 0) is 42.2 Å². The van der Waals surface area contributed by atoms with Crippen molar-refractivity contribution in [3.63, 3.8) is 0 Å². The van der Waals surface area contributed by atoms with Crippen LogP contribution in [0.1, 0.15) is 57.1 Å². The first-order valence-electron chi connectivity index (χ1n) is 8.64. The van der Waals surface area contributed by atoms with Crippen molar-refractivity contribution in [1.29, 1.82) is 0 Å². The highest BCUT2D eigenvalue weighted by molar-refractivity contribution is 5.24. The second kappa shape index (κ2) is 9.78. The van der Waals surface area contributed by atoms with Crippen LogP contribution in [0.3, 0.4) is 0 Å². The highest BCUT2D eigenvalue weighted by atomic mass is 19.1. The maximum atomic E-state index is 13.4. The van der Waals surface area contributed by atoms with Gasteiger partial charge >= 0.3 is 0 Å². The number of nitrogens with two attached hydrogens (primary N) is 1. The van der Waals surface area contributed by atoms with E-state index in [1.165, 1.54) is 31.2 Å². The Morgan fingerprint density at radius 3 is 2.36 bits per heavy atom. The predicted octanol–water partition coefficient (Wildman–Crippen LogP) is 5.23. The summed E-state index contributed by atoms with van der Waals surface area (Å²) in [6.45, 7) is 8.66. The van der Waals surface area contributed by atoms with E-state index < -0.39 is 6.17 Å². The third kappa shape index (κ3) is 5.92. The zero-order valence-electron chi connectivity index (χ0n) is 14.3. The Labute approximate surface area is 135 Å². The van der Waals surface area contributed by atoms with Crippen LogP contribution in [0.5, 0.6) is 0 Å². The Morgan fingerprint density at radius 2 is 1.82 bits per heavy atom. The summed E-state index contributed by atoms with van der Waals surface area (Å²) in [5.74, 6) is 0. The van der Waals surface area contributed by atoms with E-state index >= 15 is 0 Å². The van der Waals surface area contributed by atoms with Crippen LogP contribution in [0.4, 0.5) is 4.39 Å². The molecule has 0 aromatic heterocycles. The van der Waals surface area contributed by atoms with Crippen molar-refractivity contribution in [3.8, 4) is 0 Å². The predicted molar refractivity (Wildman–Crippen MR) is 94.9 cm³/mol. The van der Waals surface area contributed by atoms with Crippen LogP contribution in [-0.4, -0.2) is 12.7 Å². The minimum absolute atomic E-state index is 0.0941. The zero-order valence-corrected chi connectivity index (χ0v) is 14.3.